The van der Waals surface area contributed by atoms with Crippen LogP contribution in [0.5, 0.6) is 0 Å². The average Bonchev–Trinajstić information content (AvgIpc) is 1.61. The fourth-order valence-electron chi connectivity index (χ4n) is 14.9. The van der Waals surface area contributed by atoms with E-state index in [1.807, 2.05) is 0 Å². The zero-order chi connectivity index (χ0) is 80.3. The molecule has 27 nitrogen and oxygen atoms in total. The van der Waals surface area contributed by atoms with E-state index in [2.05, 4.69) is 58.8 Å². The van der Waals surface area contributed by atoms with E-state index in [1.54, 1.807) is 94.6 Å². The van der Waals surface area contributed by atoms with Crippen LogP contribution in [0.2, 0.25) is 0 Å². The Labute approximate surface area is 666 Å². The zero-order valence-electron chi connectivity index (χ0n) is 61.7. The second kappa shape index (κ2) is 38.2. The van der Waals surface area contributed by atoms with Crippen molar-refractivity contribution in [1.82, 2.24) is 31.2 Å². The number of pyridine rings is 1. The number of rotatable bonds is 24. The number of sulfone groups is 10. The quantitative estimate of drug-likeness (QED) is 0.0556. The van der Waals surface area contributed by atoms with E-state index in [1.165, 1.54) is 55.2 Å². The Kier molecular flexibility index (Phi) is 31.4. The van der Waals surface area contributed by atoms with Crippen LogP contribution >= 0.6 is 45.3 Å². The lowest BCUT2D eigenvalue weighted by molar-refractivity contribution is 0.107. The van der Waals surface area contributed by atoms with Crippen molar-refractivity contribution in [2.75, 3.05) is 97.4 Å². The van der Waals surface area contributed by atoms with Gasteiger partial charge in [0.25, 0.3) is 0 Å². The van der Waals surface area contributed by atoms with Crippen LogP contribution in [0.25, 0.3) is 0 Å². The summed E-state index contributed by atoms with van der Waals surface area (Å²) < 4.78 is 253. The van der Waals surface area contributed by atoms with Crippen molar-refractivity contribution in [3.63, 3.8) is 0 Å². The van der Waals surface area contributed by atoms with Crippen molar-refractivity contribution in [3.05, 3.63) is 130 Å². The van der Waals surface area contributed by atoms with E-state index in [0.717, 1.165) is 91.2 Å². The lowest BCUT2D eigenvalue weighted by Crippen LogP contribution is -2.51. The van der Waals surface area contributed by atoms with Crippen molar-refractivity contribution in [1.29, 1.82) is 0 Å². The molecule has 11 heterocycles. The molecule has 6 aromatic rings. The van der Waals surface area contributed by atoms with Gasteiger partial charge in [0.15, 0.2) is 98.4 Å². The molecule has 5 aromatic heterocycles. The Bertz CT molecular complexity index is 5150. The monoisotopic (exact) mass is 1800 g/mol. The summed E-state index contributed by atoms with van der Waals surface area (Å²) >= 11 is 4.53. The van der Waals surface area contributed by atoms with E-state index in [0.29, 0.717) is 44.0 Å². The zero-order valence-corrected chi connectivity index (χ0v) is 73.1. The van der Waals surface area contributed by atoms with Crippen molar-refractivity contribution in [3.8, 4) is 0 Å². The number of nitrogens with one attached hydrogen (secondary N) is 4. The van der Waals surface area contributed by atoms with Gasteiger partial charge in [0, 0.05) is 81.9 Å². The van der Waals surface area contributed by atoms with Crippen LogP contribution in [-0.4, -0.2) is 254 Å². The fourth-order valence-corrected chi connectivity index (χ4v) is 43.5. The number of hydrogen-bond acceptors (Lipinski definition) is 31. The fraction of sp³-hybridized carbons (Fsp3) is 0.609. The summed E-state index contributed by atoms with van der Waals surface area (Å²) in [6, 6.07) is 22.2. The standard InChI is InChI=1S/C16H23NO4S2.C15H23NO4S3.C14H16N2O4S3.C13H21NO4S3.C11H17NO5S3/c18-22(19)11-15(17-13-7-3-1-4-8-13)16(12-22)23(20,21)14-9-5-2-6-10-14;1-11-6-12(2)8-16(7-11)13-9-22(17,18)10-14(13)23(19,20)15-4-3-5-21-15;17-22(18)9-12(16-8-11-3-5-15-6-4-11)13(10-22)23(19,20)14-2-1-7-21-14;1-10(2)5-6-14-11-8-20(15,16)9-12(11)21(17,18)13-4-3-7-19-13;1-17-5-4-12-9-7-19(13,14)8-10(9)20(15,16)11-3-2-6-18-11/h2,5-6,9-10,13,15-17H,1,3-4,7-8,11-12H2;3-5,11-14H,6-10H2,1-2H3;1-7,12-13,16H,8-10H2;3-4,7,10-12,14H,5-6,8-9H2,1-2H3;2-3,6,9-10,12H,4-5,7-8H2,1H3/t15-,16-;11-,12+,13-,14-;12-,13-;11-,12-;9-,10-/m00000/s1. The second-order valence-corrected chi connectivity index (χ2v) is 55.9. The van der Waals surface area contributed by atoms with Gasteiger partial charge in [-0.2, -0.15) is 0 Å². The molecule has 1 aliphatic carbocycles. The Hall–Kier alpha value is -3.57. The number of benzene rings is 1. The number of thiophene rings is 4. The number of piperidine rings is 1. The molecule has 6 aliphatic heterocycles. The Morgan fingerprint density at radius 3 is 1.25 bits per heavy atom. The number of hydrogen-bond donors (Lipinski definition) is 4. The minimum absolute atomic E-state index is 0.0400. The number of nitrogens with zero attached hydrogens (tertiary/aromatic N) is 2. The molecule has 110 heavy (non-hydrogen) atoms. The van der Waals surface area contributed by atoms with Crippen LogP contribution in [0.3, 0.4) is 0 Å². The van der Waals surface area contributed by atoms with Crippen molar-refractivity contribution in [2.24, 2.45) is 17.8 Å². The molecule has 7 aliphatic rings. The van der Waals surface area contributed by atoms with Crippen molar-refractivity contribution in [2.45, 2.75) is 163 Å². The molecule has 0 radical (unpaired) electrons. The highest BCUT2D eigenvalue weighted by atomic mass is 32.3. The van der Waals surface area contributed by atoms with E-state index in [-0.39, 0.29) is 85.3 Å². The van der Waals surface area contributed by atoms with E-state index in [4.69, 9.17) is 4.74 Å². The summed E-state index contributed by atoms with van der Waals surface area (Å²) in [4.78, 5) is 6.23. The first-order chi connectivity index (χ1) is 51.5. The Morgan fingerprint density at radius 1 is 0.455 bits per heavy atom. The maximum Gasteiger partial charge on any atom is 0.193 e. The SMILES string of the molecule is CC(C)CCN[C@H]1CS(=O)(=O)C[C@@H]1S(=O)(=O)c1cccs1.COCCN[C@H]1CS(=O)(=O)C[C@@H]1S(=O)(=O)c1cccs1.C[C@@H]1C[C@H](C)CN([C@H]2CS(=O)(=O)C[C@@H]2S(=O)(=O)c2cccs2)C1.O=S1(=O)C[C@H](NC2CCCCC2)[C@@H](S(=O)(=O)c2ccccc2)C1.O=S1(=O)C[C@H](NCc2ccncc2)[C@@H](S(=O)(=O)c2cccs2)C1. The molecular weight excluding hydrogens is 1700 g/mol. The molecule has 12 atom stereocenters. The molecule has 4 N–H and O–H groups in total. The number of ether oxygens (including phenoxy) is 1. The van der Waals surface area contributed by atoms with Gasteiger partial charge >= 0.3 is 0 Å². The molecular formula is C69H100N6O21S14. The molecule has 616 valence electrons. The molecule has 0 unspecified atom stereocenters. The number of methoxy groups -OCH3 is 1. The molecule has 0 amide bonds. The van der Waals surface area contributed by atoms with Gasteiger partial charge in [-0.25, -0.2) is 84.2 Å². The van der Waals surface area contributed by atoms with E-state index < -0.39 is 155 Å². The Morgan fingerprint density at radius 2 is 0.836 bits per heavy atom. The van der Waals surface area contributed by atoms with Gasteiger partial charge in [-0.15, -0.1) is 45.3 Å². The molecule has 0 spiro atoms. The van der Waals surface area contributed by atoms with Crippen LogP contribution in [0.4, 0.5) is 0 Å². The molecule has 13 rings (SSSR count). The van der Waals surface area contributed by atoms with Crippen molar-refractivity contribution >= 4 is 144 Å². The van der Waals surface area contributed by atoms with Gasteiger partial charge in [0.05, 0.1) is 95.3 Å². The summed E-state index contributed by atoms with van der Waals surface area (Å²) in [6.45, 7) is 11.9. The second-order valence-electron chi connectivity index (χ2n) is 29.6. The third-order valence-corrected chi connectivity index (χ3v) is 46.7. The third kappa shape index (κ3) is 24.3. The highest BCUT2D eigenvalue weighted by molar-refractivity contribution is 7.99. The lowest BCUT2D eigenvalue weighted by atomic mass is 9.91. The minimum Gasteiger partial charge on any atom is -0.383 e. The summed E-state index contributed by atoms with van der Waals surface area (Å²) in [6.07, 6.45) is 10.7. The summed E-state index contributed by atoms with van der Waals surface area (Å²) in [5.74, 6) is -0.582. The molecule has 7 fully saturated rings. The topological polar surface area (TPSA) is 415 Å². The van der Waals surface area contributed by atoms with E-state index >= 15 is 0 Å². The van der Waals surface area contributed by atoms with Crippen LogP contribution in [-0.2, 0) is 110 Å². The molecule has 6 saturated heterocycles. The lowest BCUT2D eigenvalue weighted by Gasteiger charge is -2.40. The smallest absolute Gasteiger partial charge is 0.193 e. The Balaban J connectivity index is 0.000000158. The molecule has 41 heteroatoms. The van der Waals surface area contributed by atoms with E-state index in [9.17, 15) is 84.2 Å². The molecule has 1 aromatic carbocycles. The van der Waals surface area contributed by atoms with Crippen LogP contribution in [0, 0.1) is 17.8 Å². The maximum absolute atomic E-state index is 12.9. The highest BCUT2D eigenvalue weighted by Gasteiger charge is 2.52. The largest absolute Gasteiger partial charge is 0.383 e. The summed E-state index contributed by atoms with van der Waals surface area (Å²) in [5, 5.41) is 14.8. The molecule has 1 saturated carbocycles. The van der Waals surface area contributed by atoms with Gasteiger partial charge in [0.2, 0.25) is 0 Å². The van der Waals surface area contributed by atoms with Gasteiger partial charge in [-0.1, -0.05) is 89.4 Å². The summed E-state index contributed by atoms with van der Waals surface area (Å²) in [7, 11) is -33.2. The van der Waals surface area contributed by atoms with Gasteiger partial charge in [-0.05, 0) is 126 Å². The van der Waals surface area contributed by atoms with Gasteiger partial charge in [0.1, 0.15) is 16.8 Å². The predicted molar refractivity (Wildman–Crippen MR) is 434 cm³/mol. The van der Waals surface area contributed by atoms with Crippen LogP contribution in [0.15, 0.2) is 147 Å². The first-order valence-corrected chi connectivity index (χ1v) is 56.4. The van der Waals surface area contributed by atoms with Gasteiger partial charge in [-0.3, -0.25) is 9.88 Å². The number of likely N-dealkylation sites (tertiary alicyclic amines) is 1. The van der Waals surface area contributed by atoms with Crippen LogP contribution < -0.4 is 21.3 Å². The first kappa shape index (κ1) is 90.3. The predicted octanol–water partition coefficient (Wildman–Crippen LogP) is 5.33. The summed E-state index contributed by atoms with van der Waals surface area (Å²) in [5.41, 5.74) is 0.927. The highest BCUT2D eigenvalue weighted by Crippen LogP contribution is 2.37. The number of aromatic nitrogens is 1. The van der Waals surface area contributed by atoms with Crippen LogP contribution in [0.1, 0.15) is 78.2 Å². The van der Waals surface area contributed by atoms with Crippen molar-refractivity contribution < 1.29 is 88.9 Å². The maximum atomic E-state index is 12.9. The normalized spacial score (nSPS) is 27.9. The first-order valence-electron chi connectivity index (χ1n) is 36.0. The molecule has 0 bridgehead atoms. The average molecular weight is 1800 g/mol. The third-order valence-electron chi connectivity index (χ3n) is 20.2. The van der Waals surface area contributed by atoms with Gasteiger partial charge < -0.3 is 26.0 Å². The minimum atomic E-state index is -3.66.